The average Bonchev–Trinajstić information content (AvgIpc) is 2.78. The van der Waals surface area contributed by atoms with Gasteiger partial charge in [-0.3, -0.25) is 0 Å². The maximum absolute atomic E-state index is 12.7. The molecule has 6 nitrogen and oxygen atoms in total. The van der Waals surface area contributed by atoms with E-state index in [1.54, 1.807) is 13.8 Å². The fourth-order valence-electron chi connectivity index (χ4n) is 3.77. The first-order valence-corrected chi connectivity index (χ1v) is 9.95. The summed E-state index contributed by atoms with van der Waals surface area (Å²) < 4.78 is 10.7. The van der Waals surface area contributed by atoms with Crippen molar-refractivity contribution in [3.05, 3.63) is 89.0 Å². The number of benzene rings is 2. The van der Waals surface area contributed by atoms with E-state index in [1.165, 1.54) is 0 Å². The topological polar surface area (TPSA) is 98.2 Å². The molecule has 3 aromatic rings. The molecule has 1 aliphatic heterocycles. The first kappa shape index (κ1) is 20.2. The molecule has 0 saturated heterocycles. The highest BCUT2D eigenvalue weighted by Gasteiger charge is 2.36. The number of carbonyl (C=O) groups excluding carboxylic acids is 1. The van der Waals surface area contributed by atoms with Gasteiger partial charge in [-0.1, -0.05) is 48.5 Å². The lowest BCUT2D eigenvalue weighted by molar-refractivity contribution is -0.139. The van der Waals surface area contributed by atoms with Gasteiger partial charge >= 0.3 is 5.97 Å². The Morgan fingerprint density at radius 1 is 1.19 bits per heavy atom. The number of nitrogens with zero attached hydrogens (tertiary/aromatic N) is 2. The van der Waals surface area contributed by atoms with Crippen LogP contribution in [0.15, 0.2) is 83.5 Å². The van der Waals surface area contributed by atoms with Crippen molar-refractivity contribution in [1.82, 2.24) is 4.98 Å². The monoisotopic (exact) mass is 411 g/mol. The van der Waals surface area contributed by atoms with Crippen LogP contribution in [0.5, 0.6) is 0 Å². The summed E-state index contributed by atoms with van der Waals surface area (Å²) in [7, 11) is 0. The van der Waals surface area contributed by atoms with Crippen molar-refractivity contribution in [2.45, 2.75) is 19.8 Å². The van der Waals surface area contributed by atoms with E-state index in [2.05, 4.69) is 6.07 Å². The van der Waals surface area contributed by atoms with Crippen LogP contribution in [0, 0.1) is 11.3 Å². The van der Waals surface area contributed by atoms with E-state index in [0.717, 1.165) is 27.7 Å². The summed E-state index contributed by atoms with van der Waals surface area (Å²) in [5.41, 5.74) is 9.75. The molecule has 4 rings (SSSR count). The van der Waals surface area contributed by atoms with E-state index in [1.807, 2.05) is 60.7 Å². The summed E-state index contributed by atoms with van der Waals surface area (Å²) >= 11 is 0. The molecule has 2 N–H and O–H groups in total. The first-order chi connectivity index (χ1) is 15.0. The third-order valence-electron chi connectivity index (χ3n) is 5.22. The zero-order chi connectivity index (χ0) is 22.0. The van der Waals surface area contributed by atoms with Gasteiger partial charge in [0.2, 0.25) is 5.88 Å². The molecule has 1 aromatic heterocycles. The van der Waals surface area contributed by atoms with Crippen molar-refractivity contribution in [2.24, 2.45) is 5.73 Å². The summed E-state index contributed by atoms with van der Waals surface area (Å²) in [6.45, 7) is 3.59. The number of carbonyl (C=O) groups is 1. The van der Waals surface area contributed by atoms with Crippen LogP contribution in [0.2, 0.25) is 0 Å². The minimum atomic E-state index is -0.690. The Bertz CT molecular complexity index is 1270. The van der Waals surface area contributed by atoms with Gasteiger partial charge in [0.05, 0.1) is 29.3 Å². The second kappa shape index (κ2) is 8.33. The maximum atomic E-state index is 12.7. The van der Waals surface area contributed by atoms with Crippen molar-refractivity contribution >= 4 is 16.9 Å². The van der Waals surface area contributed by atoms with Gasteiger partial charge in [0.25, 0.3) is 0 Å². The molecule has 0 amide bonds. The lowest BCUT2D eigenvalue weighted by atomic mass is 9.82. The van der Waals surface area contributed by atoms with Crippen molar-refractivity contribution in [3.8, 4) is 17.3 Å². The van der Waals surface area contributed by atoms with E-state index in [4.69, 9.17) is 20.2 Å². The molecular weight excluding hydrogens is 390 g/mol. The second-order valence-electron chi connectivity index (χ2n) is 7.13. The molecule has 0 bridgehead atoms. The minimum Gasteiger partial charge on any atom is -0.463 e. The quantitative estimate of drug-likeness (QED) is 0.633. The third kappa shape index (κ3) is 3.74. The SMILES string of the molecule is CCOC(=O)C1=C(C)OC(N)=C(C#N)C1c1ccc2ccc(-c3ccccc3)nc2c1. The molecule has 2 heterocycles. The molecule has 0 fully saturated rings. The van der Waals surface area contributed by atoms with Gasteiger partial charge < -0.3 is 15.2 Å². The number of rotatable bonds is 4. The van der Waals surface area contributed by atoms with Crippen LogP contribution < -0.4 is 5.73 Å². The van der Waals surface area contributed by atoms with Crippen LogP contribution in [0.4, 0.5) is 0 Å². The zero-order valence-electron chi connectivity index (χ0n) is 17.3. The van der Waals surface area contributed by atoms with Gasteiger partial charge in [0, 0.05) is 10.9 Å². The maximum Gasteiger partial charge on any atom is 0.338 e. The Hall–Kier alpha value is -4.11. The Kier molecular flexibility index (Phi) is 5.42. The Balaban J connectivity index is 1.86. The number of hydrogen-bond acceptors (Lipinski definition) is 6. The van der Waals surface area contributed by atoms with Gasteiger partial charge in [-0.05, 0) is 31.5 Å². The molecule has 2 aromatic carbocycles. The number of esters is 1. The van der Waals surface area contributed by atoms with Crippen LogP contribution in [-0.4, -0.2) is 17.6 Å². The van der Waals surface area contributed by atoms with Gasteiger partial charge in [0.15, 0.2) is 0 Å². The van der Waals surface area contributed by atoms with E-state index >= 15 is 0 Å². The molecule has 0 radical (unpaired) electrons. The van der Waals surface area contributed by atoms with E-state index in [-0.39, 0.29) is 23.6 Å². The van der Waals surface area contributed by atoms with E-state index in [0.29, 0.717) is 5.76 Å². The molecular formula is C25H21N3O3. The number of fused-ring (bicyclic) bond motifs is 1. The smallest absolute Gasteiger partial charge is 0.338 e. The number of allylic oxidation sites excluding steroid dienone is 2. The lowest BCUT2D eigenvalue weighted by Crippen LogP contribution is -2.25. The molecule has 154 valence electrons. The van der Waals surface area contributed by atoms with Crippen LogP contribution in [0.3, 0.4) is 0 Å². The number of aromatic nitrogens is 1. The first-order valence-electron chi connectivity index (χ1n) is 9.95. The largest absolute Gasteiger partial charge is 0.463 e. The molecule has 1 unspecified atom stereocenters. The molecule has 1 aliphatic rings. The summed E-state index contributed by atoms with van der Waals surface area (Å²) in [6, 6.07) is 21.6. The van der Waals surface area contributed by atoms with Crippen LogP contribution in [0.25, 0.3) is 22.2 Å². The van der Waals surface area contributed by atoms with Crippen molar-refractivity contribution in [1.29, 1.82) is 5.26 Å². The highest BCUT2D eigenvalue weighted by molar-refractivity contribution is 5.93. The van der Waals surface area contributed by atoms with Gasteiger partial charge in [-0.2, -0.15) is 5.26 Å². The standard InChI is InChI=1S/C25H21N3O3/c1-3-30-25(29)22-15(2)31-24(27)19(14-26)23(22)18-10-9-17-11-12-20(28-21(17)13-18)16-7-5-4-6-8-16/h4-13,23H,3,27H2,1-2H3. The molecule has 0 spiro atoms. The third-order valence-corrected chi connectivity index (χ3v) is 5.22. The normalized spacial score (nSPS) is 16.1. The van der Waals surface area contributed by atoms with Crippen LogP contribution >= 0.6 is 0 Å². The predicted octanol–water partition coefficient (Wildman–Crippen LogP) is 4.55. The van der Waals surface area contributed by atoms with Crippen molar-refractivity contribution < 1.29 is 14.3 Å². The molecule has 31 heavy (non-hydrogen) atoms. The van der Waals surface area contributed by atoms with E-state index in [9.17, 15) is 10.1 Å². The van der Waals surface area contributed by atoms with Gasteiger partial charge in [-0.25, -0.2) is 9.78 Å². The van der Waals surface area contributed by atoms with Crippen molar-refractivity contribution in [2.75, 3.05) is 6.61 Å². The van der Waals surface area contributed by atoms with Crippen molar-refractivity contribution in [3.63, 3.8) is 0 Å². The predicted molar refractivity (Wildman–Crippen MR) is 117 cm³/mol. The van der Waals surface area contributed by atoms with Gasteiger partial charge in [0.1, 0.15) is 17.4 Å². The minimum absolute atomic E-state index is 0.0101. The Morgan fingerprint density at radius 2 is 1.94 bits per heavy atom. The average molecular weight is 411 g/mol. The molecule has 1 atom stereocenters. The van der Waals surface area contributed by atoms with Crippen LogP contribution in [0.1, 0.15) is 25.3 Å². The number of ether oxygens (including phenoxy) is 2. The highest BCUT2D eigenvalue weighted by Crippen LogP contribution is 2.40. The second-order valence-corrected chi connectivity index (χ2v) is 7.13. The Labute approximate surface area is 180 Å². The fraction of sp³-hybridized carbons (Fsp3) is 0.160. The summed E-state index contributed by atoms with van der Waals surface area (Å²) in [6.07, 6.45) is 0. The molecule has 6 heteroatoms. The lowest BCUT2D eigenvalue weighted by Gasteiger charge is -2.27. The van der Waals surface area contributed by atoms with E-state index < -0.39 is 11.9 Å². The fourth-order valence-corrected chi connectivity index (χ4v) is 3.77. The Morgan fingerprint density at radius 3 is 2.65 bits per heavy atom. The number of hydrogen-bond donors (Lipinski definition) is 1. The number of nitrogens with two attached hydrogens (primary N) is 1. The zero-order valence-corrected chi connectivity index (χ0v) is 17.3. The van der Waals surface area contributed by atoms with Gasteiger partial charge in [-0.15, -0.1) is 0 Å². The molecule has 0 aliphatic carbocycles. The molecule has 0 saturated carbocycles. The number of pyridine rings is 1. The highest BCUT2D eigenvalue weighted by atomic mass is 16.5. The number of nitriles is 1. The summed E-state index contributed by atoms with van der Waals surface area (Å²) in [5.74, 6) is -0.907. The summed E-state index contributed by atoms with van der Waals surface area (Å²) in [4.78, 5) is 17.5. The summed E-state index contributed by atoms with van der Waals surface area (Å²) in [5, 5.41) is 10.7. The van der Waals surface area contributed by atoms with Crippen LogP contribution in [-0.2, 0) is 14.3 Å².